The SMILES string of the molecule is O=C(CCN1CCN(C(c2ccccc2)c2ccccc2)CC1)NCc1ccc(F)cc1. The van der Waals surface area contributed by atoms with Crippen molar-refractivity contribution < 1.29 is 9.18 Å². The van der Waals surface area contributed by atoms with E-state index >= 15 is 0 Å². The van der Waals surface area contributed by atoms with Crippen LogP contribution < -0.4 is 5.32 Å². The summed E-state index contributed by atoms with van der Waals surface area (Å²) >= 11 is 0. The molecule has 0 aliphatic carbocycles. The lowest BCUT2D eigenvalue weighted by atomic mass is 9.96. The molecule has 1 N–H and O–H groups in total. The minimum absolute atomic E-state index is 0.0307. The summed E-state index contributed by atoms with van der Waals surface area (Å²) in [6, 6.07) is 27.8. The van der Waals surface area contributed by atoms with Crippen LogP contribution in [0.3, 0.4) is 0 Å². The number of halogens is 1. The molecule has 0 radical (unpaired) electrons. The zero-order valence-corrected chi connectivity index (χ0v) is 18.3. The number of amides is 1. The first-order valence-electron chi connectivity index (χ1n) is 11.3. The second-order valence-electron chi connectivity index (χ2n) is 8.25. The third kappa shape index (κ3) is 6.02. The van der Waals surface area contributed by atoms with E-state index < -0.39 is 0 Å². The van der Waals surface area contributed by atoms with Gasteiger partial charge in [0, 0.05) is 45.7 Å². The van der Waals surface area contributed by atoms with Gasteiger partial charge >= 0.3 is 0 Å². The Morgan fingerprint density at radius 2 is 1.38 bits per heavy atom. The van der Waals surface area contributed by atoms with Crippen LogP contribution in [0.5, 0.6) is 0 Å². The summed E-state index contributed by atoms with van der Waals surface area (Å²) in [6.45, 7) is 5.01. The lowest BCUT2D eigenvalue weighted by Crippen LogP contribution is -2.48. The summed E-state index contributed by atoms with van der Waals surface area (Å²) in [7, 11) is 0. The normalized spacial score (nSPS) is 15.1. The lowest BCUT2D eigenvalue weighted by Gasteiger charge is -2.39. The number of carbonyl (C=O) groups is 1. The molecule has 5 heteroatoms. The third-order valence-corrected chi connectivity index (χ3v) is 6.06. The fourth-order valence-corrected chi connectivity index (χ4v) is 4.28. The number of piperazine rings is 1. The van der Waals surface area contributed by atoms with E-state index in [4.69, 9.17) is 0 Å². The first-order valence-corrected chi connectivity index (χ1v) is 11.3. The second kappa shape index (κ2) is 11.0. The van der Waals surface area contributed by atoms with E-state index in [0.29, 0.717) is 13.0 Å². The number of nitrogens with zero attached hydrogens (tertiary/aromatic N) is 2. The molecule has 166 valence electrons. The number of carbonyl (C=O) groups excluding carboxylic acids is 1. The van der Waals surface area contributed by atoms with Gasteiger partial charge in [0.05, 0.1) is 6.04 Å². The molecule has 0 atom stereocenters. The maximum absolute atomic E-state index is 13.0. The van der Waals surface area contributed by atoms with E-state index in [0.717, 1.165) is 38.3 Å². The maximum atomic E-state index is 13.0. The molecule has 1 fully saturated rings. The molecule has 0 saturated carbocycles. The molecule has 1 saturated heterocycles. The van der Waals surface area contributed by atoms with Gasteiger partial charge in [0.15, 0.2) is 0 Å². The van der Waals surface area contributed by atoms with Gasteiger partial charge in [0.2, 0.25) is 5.91 Å². The molecule has 1 heterocycles. The van der Waals surface area contributed by atoms with Crippen molar-refractivity contribution in [1.29, 1.82) is 0 Å². The van der Waals surface area contributed by atoms with Crippen molar-refractivity contribution in [2.45, 2.75) is 19.0 Å². The molecule has 0 spiro atoms. The van der Waals surface area contributed by atoms with E-state index in [2.05, 4.69) is 75.8 Å². The van der Waals surface area contributed by atoms with Gasteiger partial charge in [-0.15, -0.1) is 0 Å². The molecule has 3 aromatic rings. The van der Waals surface area contributed by atoms with Gasteiger partial charge in [-0.25, -0.2) is 4.39 Å². The van der Waals surface area contributed by atoms with Crippen LogP contribution in [0.4, 0.5) is 4.39 Å². The summed E-state index contributed by atoms with van der Waals surface area (Å²) < 4.78 is 13.0. The maximum Gasteiger partial charge on any atom is 0.221 e. The van der Waals surface area contributed by atoms with Gasteiger partial charge in [0.25, 0.3) is 0 Å². The van der Waals surface area contributed by atoms with Gasteiger partial charge < -0.3 is 10.2 Å². The smallest absolute Gasteiger partial charge is 0.221 e. The van der Waals surface area contributed by atoms with E-state index in [1.165, 1.54) is 23.3 Å². The minimum atomic E-state index is -0.263. The Balaban J connectivity index is 1.27. The monoisotopic (exact) mass is 431 g/mol. The van der Waals surface area contributed by atoms with E-state index in [1.807, 2.05) is 0 Å². The summed E-state index contributed by atoms with van der Waals surface area (Å²) in [6.07, 6.45) is 0.474. The van der Waals surface area contributed by atoms with Gasteiger partial charge in [-0.2, -0.15) is 0 Å². The zero-order chi connectivity index (χ0) is 22.2. The average molecular weight is 432 g/mol. The minimum Gasteiger partial charge on any atom is -0.352 e. The number of rotatable bonds is 8. The average Bonchev–Trinajstić information content (AvgIpc) is 2.85. The second-order valence-corrected chi connectivity index (χ2v) is 8.25. The highest BCUT2D eigenvalue weighted by Gasteiger charge is 2.26. The predicted octanol–water partition coefficient (Wildman–Crippen LogP) is 4.24. The number of benzene rings is 3. The molecule has 1 aliphatic heterocycles. The predicted molar refractivity (Wildman–Crippen MR) is 126 cm³/mol. The molecular formula is C27H30FN3O. The molecule has 0 aromatic heterocycles. The molecule has 32 heavy (non-hydrogen) atoms. The van der Waals surface area contributed by atoms with Crippen molar-refractivity contribution in [3.63, 3.8) is 0 Å². The molecule has 0 bridgehead atoms. The summed E-state index contributed by atoms with van der Waals surface area (Å²) in [5.74, 6) is -0.232. The highest BCUT2D eigenvalue weighted by Crippen LogP contribution is 2.29. The van der Waals surface area contributed by atoms with Crippen molar-refractivity contribution in [2.24, 2.45) is 0 Å². The Morgan fingerprint density at radius 1 is 0.812 bits per heavy atom. The van der Waals surface area contributed by atoms with Gasteiger partial charge in [0.1, 0.15) is 5.82 Å². The molecule has 3 aromatic carbocycles. The largest absolute Gasteiger partial charge is 0.352 e. The highest BCUT2D eigenvalue weighted by atomic mass is 19.1. The van der Waals surface area contributed by atoms with Crippen LogP contribution in [-0.2, 0) is 11.3 Å². The van der Waals surface area contributed by atoms with Crippen molar-refractivity contribution in [1.82, 2.24) is 15.1 Å². The quantitative estimate of drug-likeness (QED) is 0.580. The van der Waals surface area contributed by atoms with Gasteiger partial charge in [-0.3, -0.25) is 9.69 Å². The summed E-state index contributed by atoms with van der Waals surface area (Å²) in [4.78, 5) is 17.1. The highest BCUT2D eigenvalue weighted by molar-refractivity contribution is 5.76. The first-order chi connectivity index (χ1) is 15.7. The molecule has 1 aliphatic rings. The Labute approximate surface area is 189 Å². The van der Waals surface area contributed by atoms with E-state index in [9.17, 15) is 9.18 Å². The Hall–Kier alpha value is -3.02. The van der Waals surface area contributed by atoms with Crippen LogP contribution in [0.15, 0.2) is 84.9 Å². The van der Waals surface area contributed by atoms with Crippen molar-refractivity contribution >= 4 is 5.91 Å². The van der Waals surface area contributed by atoms with Crippen LogP contribution in [0.2, 0.25) is 0 Å². The van der Waals surface area contributed by atoms with Crippen molar-refractivity contribution in [2.75, 3.05) is 32.7 Å². The summed E-state index contributed by atoms with van der Waals surface area (Å²) in [5, 5.41) is 2.93. The van der Waals surface area contributed by atoms with E-state index in [-0.39, 0.29) is 17.8 Å². The molecule has 4 nitrogen and oxygen atoms in total. The van der Waals surface area contributed by atoms with Crippen molar-refractivity contribution in [3.8, 4) is 0 Å². The van der Waals surface area contributed by atoms with Crippen LogP contribution in [-0.4, -0.2) is 48.4 Å². The zero-order valence-electron chi connectivity index (χ0n) is 18.3. The topological polar surface area (TPSA) is 35.6 Å². The third-order valence-electron chi connectivity index (χ3n) is 6.06. The van der Waals surface area contributed by atoms with Crippen LogP contribution in [0, 0.1) is 5.82 Å². The molecule has 4 rings (SSSR count). The number of nitrogens with one attached hydrogen (secondary N) is 1. The van der Waals surface area contributed by atoms with Crippen LogP contribution in [0.25, 0.3) is 0 Å². The lowest BCUT2D eigenvalue weighted by molar-refractivity contribution is -0.121. The molecular weight excluding hydrogens is 401 g/mol. The van der Waals surface area contributed by atoms with Gasteiger partial charge in [-0.1, -0.05) is 72.8 Å². The van der Waals surface area contributed by atoms with E-state index in [1.54, 1.807) is 12.1 Å². The fourth-order valence-electron chi connectivity index (χ4n) is 4.28. The first kappa shape index (κ1) is 22.2. The van der Waals surface area contributed by atoms with Gasteiger partial charge in [-0.05, 0) is 28.8 Å². The molecule has 0 unspecified atom stereocenters. The number of hydrogen-bond donors (Lipinski definition) is 1. The van der Waals surface area contributed by atoms with Crippen LogP contribution >= 0.6 is 0 Å². The Kier molecular flexibility index (Phi) is 7.64. The Morgan fingerprint density at radius 3 is 1.94 bits per heavy atom. The Bertz CT molecular complexity index is 931. The fraction of sp³-hybridized carbons (Fsp3) is 0.296. The van der Waals surface area contributed by atoms with Crippen molar-refractivity contribution in [3.05, 3.63) is 107 Å². The molecule has 1 amide bonds. The number of hydrogen-bond acceptors (Lipinski definition) is 3. The summed E-state index contributed by atoms with van der Waals surface area (Å²) in [5.41, 5.74) is 3.53. The standard InChI is InChI=1S/C27H30FN3O/c28-25-13-11-22(12-14-25)21-29-26(32)15-16-30-17-19-31(20-18-30)27(23-7-3-1-4-8-23)24-9-5-2-6-10-24/h1-14,27H,15-21H2,(H,29,32). The van der Waals surface area contributed by atoms with Crippen LogP contribution in [0.1, 0.15) is 29.2 Å².